The number of aryl methyl sites for hydroxylation is 1. The molecule has 2 rings (SSSR count). The van der Waals surface area contributed by atoms with E-state index in [9.17, 15) is 8.78 Å². The van der Waals surface area contributed by atoms with Crippen molar-refractivity contribution in [3.63, 3.8) is 0 Å². The number of hydrogen-bond donors (Lipinski definition) is 1. The number of halogens is 3. The molecule has 5 heteroatoms. The van der Waals surface area contributed by atoms with Gasteiger partial charge < -0.3 is 10.5 Å². The Hall–Kier alpha value is -1.65. The molecule has 2 N–H and O–H groups in total. The molecule has 0 fully saturated rings. The first-order valence-electron chi connectivity index (χ1n) is 5.98. The Morgan fingerprint density at radius 2 is 1.75 bits per heavy atom. The zero-order valence-corrected chi connectivity index (χ0v) is 11.8. The second kappa shape index (κ2) is 5.77. The Kier molecular flexibility index (Phi) is 4.26. The topological polar surface area (TPSA) is 35.2 Å². The van der Waals surface area contributed by atoms with Gasteiger partial charge in [0.05, 0.1) is 13.2 Å². The van der Waals surface area contributed by atoms with Crippen molar-refractivity contribution in [3.8, 4) is 5.75 Å². The third-order valence-corrected chi connectivity index (χ3v) is 3.40. The van der Waals surface area contributed by atoms with Crippen LogP contribution in [0.2, 0.25) is 5.02 Å². The molecule has 20 heavy (non-hydrogen) atoms. The van der Waals surface area contributed by atoms with E-state index in [0.29, 0.717) is 10.6 Å². The monoisotopic (exact) mass is 297 g/mol. The molecule has 2 nitrogen and oxygen atoms in total. The molecule has 0 aliphatic rings. The summed E-state index contributed by atoms with van der Waals surface area (Å²) in [6.07, 6.45) is 0. The number of ether oxygens (including phenoxy) is 1. The van der Waals surface area contributed by atoms with Gasteiger partial charge >= 0.3 is 0 Å². The van der Waals surface area contributed by atoms with Gasteiger partial charge in [-0.05, 0) is 30.2 Å². The maximum atomic E-state index is 14.0. The van der Waals surface area contributed by atoms with Crippen LogP contribution in [0.5, 0.6) is 5.75 Å². The molecule has 1 atom stereocenters. The van der Waals surface area contributed by atoms with Crippen LogP contribution in [0.4, 0.5) is 8.78 Å². The Morgan fingerprint density at radius 1 is 1.15 bits per heavy atom. The van der Waals surface area contributed by atoms with Crippen molar-refractivity contribution in [1.29, 1.82) is 0 Å². The highest BCUT2D eigenvalue weighted by atomic mass is 35.5. The maximum Gasteiger partial charge on any atom is 0.134 e. The highest BCUT2D eigenvalue weighted by molar-refractivity contribution is 6.30. The van der Waals surface area contributed by atoms with E-state index in [4.69, 9.17) is 22.1 Å². The van der Waals surface area contributed by atoms with Gasteiger partial charge in [0.1, 0.15) is 17.4 Å². The van der Waals surface area contributed by atoms with Crippen LogP contribution >= 0.6 is 11.6 Å². The third-order valence-electron chi connectivity index (χ3n) is 3.17. The molecule has 0 aliphatic heterocycles. The summed E-state index contributed by atoms with van der Waals surface area (Å²) in [5.41, 5.74) is 7.21. The van der Waals surface area contributed by atoms with Crippen LogP contribution in [-0.2, 0) is 0 Å². The van der Waals surface area contributed by atoms with Gasteiger partial charge in [-0.2, -0.15) is 0 Å². The third kappa shape index (κ3) is 2.76. The minimum Gasteiger partial charge on any atom is -0.497 e. The minimum absolute atomic E-state index is 0.115. The van der Waals surface area contributed by atoms with E-state index in [-0.39, 0.29) is 11.3 Å². The summed E-state index contributed by atoms with van der Waals surface area (Å²) < 4.78 is 32.9. The number of rotatable bonds is 3. The van der Waals surface area contributed by atoms with Gasteiger partial charge in [-0.3, -0.25) is 0 Å². The first-order chi connectivity index (χ1) is 9.43. The first kappa shape index (κ1) is 14.8. The fourth-order valence-electron chi connectivity index (χ4n) is 2.12. The largest absolute Gasteiger partial charge is 0.497 e. The molecule has 0 saturated carbocycles. The zero-order valence-electron chi connectivity index (χ0n) is 11.1. The number of benzene rings is 2. The molecule has 0 aliphatic carbocycles. The lowest BCUT2D eigenvalue weighted by atomic mass is 9.95. The van der Waals surface area contributed by atoms with Crippen molar-refractivity contribution < 1.29 is 13.5 Å². The first-order valence-corrected chi connectivity index (χ1v) is 6.36. The normalized spacial score (nSPS) is 12.3. The average molecular weight is 298 g/mol. The van der Waals surface area contributed by atoms with Crippen LogP contribution in [0.25, 0.3) is 0 Å². The minimum atomic E-state index is -0.904. The fraction of sp³-hybridized carbons (Fsp3) is 0.200. The maximum absolute atomic E-state index is 14.0. The SMILES string of the molecule is COc1cc(F)c(C(N)c2ccc(Cl)cc2C)c(F)c1. The van der Waals surface area contributed by atoms with Crippen molar-refractivity contribution in [2.45, 2.75) is 13.0 Å². The standard InChI is InChI=1S/C15H14ClF2NO/c1-8-5-9(16)3-4-11(8)15(19)14-12(17)6-10(20-2)7-13(14)18/h3-7,15H,19H2,1-2H3. The van der Waals surface area contributed by atoms with E-state index in [0.717, 1.165) is 17.7 Å². The Labute approximate surface area is 121 Å². The molecule has 2 aromatic carbocycles. The second-order valence-corrected chi connectivity index (χ2v) is 4.92. The van der Waals surface area contributed by atoms with Crippen LogP contribution in [0.15, 0.2) is 30.3 Å². The predicted octanol–water partition coefficient (Wildman–Crippen LogP) is 3.98. The highest BCUT2D eigenvalue weighted by Crippen LogP contribution is 2.30. The molecule has 2 aromatic rings. The van der Waals surface area contributed by atoms with Gasteiger partial charge in [-0.15, -0.1) is 0 Å². The summed E-state index contributed by atoms with van der Waals surface area (Å²) in [4.78, 5) is 0. The molecule has 0 bridgehead atoms. The molecule has 0 spiro atoms. The molecule has 0 amide bonds. The molecular formula is C15H14ClF2NO. The molecule has 1 unspecified atom stereocenters. The van der Waals surface area contributed by atoms with Crippen molar-refractivity contribution in [1.82, 2.24) is 0 Å². The van der Waals surface area contributed by atoms with Gasteiger partial charge in [0, 0.05) is 22.7 Å². The highest BCUT2D eigenvalue weighted by Gasteiger charge is 2.21. The van der Waals surface area contributed by atoms with E-state index in [1.165, 1.54) is 7.11 Å². The molecule has 0 saturated heterocycles. The Balaban J connectivity index is 2.50. The Morgan fingerprint density at radius 3 is 2.25 bits per heavy atom. The van der Waals surface area contributed by atoms with Gasteiger partial charge in [0.25, 0.3) is 0 Å². The van der Waals surface area contributed by atoms with Crippen molar-refractivity contribution in [3.05, 3.63) is 63.7 Å². The van der Waals surface area contributed by atoms with Crippen molar-refractivity contribution >= 4 is 11.6 Å². The summed E-state index contributed by atoms with van der Waals surface area (Å²) in [6, 6.07) is 6.34. The number of hydrogen-bond acceptors (Lipinski definition) is 2. The molecule has 106 valence electrons. The van der Waals surface area contributed by atoms with Gasteiger partial charge in [-0.25, -0.2) is 8.78 Å². The van der Waals surface area contributed by atoms with Crippen LogP contribution < -0.4 is 10.5 Å². The quantitative estimate of drug-likeness (QED) is 0.930. The molecular weight excluding hydrogens is 284 g/mol. The lowest BCUT2D eigenvalue weighted by Crippen LogP contribution is -2.17. The van der Waals surface area contributed by atoms with Crippen LogP contribution in [0.3, 0.4) is 0 Å². The van der Waals surface area contributed by atoms with Gasteiger partial charge in [0.2, 0.25) is 0 Å². The Bertz CT molecular complexity index is 623. The van der Waals surface area contributed by atoms with E-state index >= 15 is 0 Å². The second-order valence-electron chi connectivity index (χ2n) is 4.48. The lowest BCUT2D eigenvalue weighted by Gasteiger charge is -2.17. The van der Waals surface area contributed by atoms with E-state index in [2.05, 4.69) is 0 Å². The summed E-state index contributed by atoms with van der Waals surface area (Å²) in [6.45, 7) is 1.79. The van der Waals surface area contributed by atoms with E-state index in [1.807, 2.05) is 0 Å². The number of methoxy groups -OCH3 is 1. The summed E-state index contributed by atoms with van der Waals surface area (Å²) >= 11 is 5.86. The van der Waals surface area contributed by atoms with Crippen LogP contribution in [0, 0.1) is 18.6 Å². The molecule has 0 aromatic heterocycles. The summed E-state index contributed by atoms with van der Waals surface area (Å²) in [5.74, 6) is -1.35. The smallest absolute Gasteiger partial charge is 0.134 e. The fourth-order valence-corrected chi connectivity index (χ4v) is 2.35. The average Bonchev–Trinajstić information content (AvgIpc) is 2.37. The van der Waals surface area contributed by atoms with Gasteiger partial charge in [0.15, 0.2) is 0 Å². The predicted molar refractivity (Wildman–Crippen MR) is 75.1 cm³/mol. The lowest BCUT2D eigenvalue weighted by molar-refractivity contribution is 0.404. The summed E-state index contributed by atoms with van der Waals surface area (Å²) in [7, 11) is 1.34. The number of nitrogens with two attached hydrogens (primary N) is 1. The van der Waals surface area contributed by atoms with Gasteiger partial charge in [-0.1, -0.05) is 17.7 Å². The zero-order chi connectivity index (χ0) is 14.9. The van der Waals surface area contributed by atoms with Crippen molar-refractivity contribution in [2.75, 3.05) is 7.11 Å². The van der Waals surface area contributed by atoms with E-state index in [1.54, 1.807) is 25.1 Å². The van der Waals surface area contributed by atoms with E-state index < -0.39 is 17.7 Å². The molecule has 0 radical (unpaired) electrons. The molecule has 0 heterocycles. The van der Waals surface area contributed by atoms with Crippen molar-refractivity contribution in [2.24, 2.45) is 5.73 Å². The van der Waals surface area contributed by atoms with Crippen LogP contribution in [-0.4, -0.2) is 7.11 Å². The summed E-state index contributed by atoms with van der Waals surface area (Å²) in [5, 5.41) is 0.550. The van der Waals surface area contributed by atoms with Crippen LogP contribution in [0.1, 0.15) is 22.7 Å².